The second kappa shape index (κ2) is 5.13. The highest BCUT2D eigenvalue weighted by Gasteiger charge is 2.42. The summed E-state index contributed by atoms with van der Waals surface area (Å²) in [5.74, 6) is 0.100. The maximum Gasteiger partial charge on any atom is 0.322 e. The number of halogens is 1. The van der Waals surface area contributed by atoms with Crippen molar-refractivity contribution in [2.75, 3.05) is 7.05 Å². The van der Waals surface area contributed by atoms with E-state index >= 15 is 0 Å². The molecule has 1 atom stereocenters. The van der Waals surface area contributed by atoms with Crippen molar-refractivity contribution in [3.63, 3.8) is 0 Å². The quantitative estimate of drug-likeness (QED) is 0.858. The zero-order valence-corrected chi connectivity index (χ0v) is 13.7. The minimum atomic E-state index is -0.416. The van der Waals surface area contributed by atoms with Gasteiger partial charge in [0.2, 0.25) is 0 Å². The van der Waals surface area contributed by atoms with E-state index in [0.29, 0.717) is 17.0 Å². The number of benzene rings is 1. The standard InChI is InChI=1S/C17H19ClN2O2/c1-17(2)8-12-14(13(21)9-17)15(19-16(22)20(12)3)10-5-4-6-11(18)7-10/h4-7,15H,8-9H2,1-3H3,(H,19,22)/t15-/m1/s1. The Morgan fingerprint density at radius 2 is 2.00 bits per heavy atom. The fraction of sp³-hybridized carbons (Fsp3) is 0.412. The van der Waals surface area contributed by atoms with Crippen molar-refractivity contribution < 1.29 is 9.59 Å². The summed E-state index contributed by atoms with van der Waals surface area (Å²) in [5.41, 5.74) is 2.24. The van der Waals surface area contributed by atoms with E-state index in [1.807, 2.05) is 12.1 Å². The molecule has 0 spiro atoms. The second-order valence-corrected chi connectivity index (χ2v) is 7.23. The number of hydrogen-bond donors (Lipinski definition) is 1. The van der Waals surface area contributed by atoms with E-state index in [9.17, 15) is 9.59 Å². The number of urea groups is 1. The Balaban J connectivity index is 2.13. The lowest BCUT2D eigenvalue weighted by Gasteiger charge is -2.42. The average molecular weight is 319 g/mol. The molecule has 1 aromatic rings. The van der Waals surface area contributed by atoms with Gasteiger partial charge in [0, 0.05) is 29.8 Å². The number of amides is 2. The molecule has 1 aromatic carbocycles. The molecule has 2 aliphatic rings. The minimum absolute atomic E-state index is 0.100. The van der Waals surface area contributed by atoms with Crippen LogP contribution in [0.3, 0.4) is 0 Å². The number of ketones is 1. The van der Waals surface area contributed by atoms with E-state index in [1.165, 1.54) is 0 Å². The molecule has 0 saturated carbocycles. The molecule has 1 aliphatic carbocycles. The van der Waals surface area contributed by atoms with Crippen LogP contribution in [0.5, 0.6) is 0 Å². The van der Waals surface area contributed by atoms with Crippen molar-refractivity contribution in [1.82, 2.24) is 10.2 Å². The number of Topliss-reactive ketones (excluding diaryl/α,β-unsaturated/α-hetero) is 1. The fourth-order valence-electron chi connectivity index (χ4n) is 3.28. The second-order valence-electron chi connectivity index (χ2n) is 6.80. The van der Waals surface area contributed by atoms with Gasteiger partial charge in [-0.05, 0) is 29.5 Å². The van der Waals surface area contributed by atoms with Crippen LogP contribution in [0.4, 0.5) is 4.79 Å². The summed E-state index contributed by atoms with van der Waals surface area (Å²) >= 11 is 6.06. The molecular formula is C17H19ClN2O2. The molecular weight excluding hydrogens is 300 g/mol. The van der Waals surface area contributed by atoms with E-state index in [-0.39, 0.29) is 17.2 Å². The van der Waals surface area contributed by atoms with Crippen LogP contribution in [0, 0.1) is 5.41 Å². The third kappa shape index (κ3) is 2.52. The minimum Gasteiger partial charge on any atom is -0.327 e. The average Bonchev–Trinajstić information content (AvgIpc) is 2.42. The van der Waals surface area contributed by atoms with Gasteiger partial charge in [0.1, 0.15) is 0 Å². The first-order chi connectivity index (χ1) is 10.3. The van der Waals surface area contributed by atoms with Gasteiger partial charge in [0.15, 0.2) is 5.78 Å². The fourth-order valence-corrected chi connectivity index (χ4v) is 3.48. The molecule has 5 heteroatoms. The zero-order valence-electron chi connectivity index (χ0n) is 12.9. The Morgan fingerprint density at radius 1 is 1.27 bits per heavy atom. The summed E-state index contributed by atoms with van der Waals surface area (Å²) in [6.07, 6.45) is 1.21. The van der Waals surface area contributed by atoms with Gasteiger partial charge >= 0.3 is 6.03 Å². The molecule has 0 fully saturated rings. The molecule has 0 unspecified atom stereocenters. The van der Waals surface area contributed by atoms with Gasteiger partial charge < -0.3 is 10.2 Å². The van der Waals surface area contributed by atoms with Gasteiger partial charge in [-0.1, -0.05) is 37.6 Å². The lowest BCUT2D eigenvalue weighted by molar-refractivity contribution is -0.118. The highest BCUT2D eigenvalue weighted by Crippen LogP contribution is 2.43. The number of nitrogens with one attached hydrogen (secondary N) is 1. The van der Waals surface area contributed by atoms with E-state index in [4.69, 9.17) is 11.6 Å². The summed E-state index contributed by atoms with van der Waals surface area (Å²) in [7, 11) is 1.72. The third-order valence-electron chi connectivity index (χ3n) is 4.34. The van der Waals surface area contributed by atoms with Crippen molar-refractivity contribution in [3.8, 4) is 0 Å². The van der Waals surface area contributed by atoms with Gasteiger partial charge in [0.05, 0.1) is 6.04 Å². The van der Waals surface area contributed by atoms with Crippen molar-refractivity contribution in [2.24, 2.45) is 5.41 Å². The summed E-state index contributed by atoms with van der Waals surface area (Å²) in [6.45, 7) is 4.12. The first-order valence-corrected chi connectivity index (χ1v) is 7.72. The lowest BCUT2D eigenvalue weighted by Crippen LogP contribution is -2.49. The van der Waals surface area contributed by atoms with Crippen LogP contribution in [-0.4, -0.2) is 23.8 Å². The number of allylic oxidation sites excluding steroid dienone is 1. The molecule has 0 saturated heterocycles. The highest BCUT2D eigenvalue weighted by molar-refractivity contribution is 6.30. The van der Waals surface area contributed by atoms with Gasteiger partial charge in [-0.3, -0.25) is 4.79 Å². The maximum atomic E-state index is 12.7. The Hall–Kier alpha value is -1.81. The number of nitrogens with zero attached hydrogens (tertiary/aromatic N) is 1. The molecule has 22 heavy (non-hydrogen) atoms. The molecule has 1 aliphatic heterocycles. The maximum absolute atomic E-state index is 12.7. The van der Waals surface area contributed by atoms with E-state index in [1.54, 1.807) is 24.1 Å². The molecule has 0 radical (unpaired) electrons. The van der Waals surface area contributed by atoms with Crippen molar-refractivity contribution in [3.05, 3.63) is 46.1 Å². The smallest absolute Gasteiger partial charge is 0.322 e. The monoisotopic (exact) mass is 318 g/mol. The normalized spacial score (nSPS) is 24.2. The lowest BCUT2D eigenvalue weighted by atomic mass is 9.72. The predicted molar refractivity (Wildman–Crippen MR) is 85.5 cm³/mol. The van der Waals surface area contributed by atoms with Gasteiger partial charge in [-0.15, -0.1) is 0 Å². The molecule has 2 amide bonds. The van der Waals surface area contributed by atoms with E-state index < -0.39 is 6.04 Å². The molecule has 0 bridgehead atoms. The first kappa shape index (κ1) is 15.1. The highest BCUT2D eigenvalue weighted by atomic mass is 35.5. The number of carbonyl (C=O) groups excluding carboxylic acids is 2. The van der Waals surface area contributed by atoms with Crippen molar-refractivity contribution >= 4 is 23.4 Å². The SMILES string of the molecule is CN1C(=O)N[C@H](c2cccc(Cl)c2)C2=C1CC(C)(C)CC2=O. The molecule has 3 rings (SSSR count). The van der Waals surface area contributed by atoms with Crippen molar-refractivity contribution in [2.45, 2.75) is 32.7 Å². The van der Waals surface area contributed by atoms with Crippen molar-refractivity contribution in [1.29, 1.82) is 0 Å². The van der Waals surface area contributed by atoms with Crippen LogP contribution in [-0.2, 0) is 4.79 Å². The zero-order chi connectivity index (χ0) is 16.1. The Labute approximate surface area is 135 Å². The largest absolute Gasteiger partial charge is 0.327 e. The van der Waals surface area contributed by atoms with Gasteiger partial charge in [0.25, 0.3) is 0 Å². The van der Waals surface area contributed by atoms with Crippen LogP contribution in [0.15, 0.2) is 35.5 Å². The first-order valence-electron chi connectivity index (χ1n) is 7.34. The summed E-state index contributed by atoms with van der Waals surface area (Å²) in [4.78, 5) is 26.5. The van der Waals surface area contributed by atoms with Crippen LogP contribution in [0.1, 0.15) is 38.3 Å². The Morgan fingerprint density at radius 3 is 2.68 bits per heavy atom. The summed E-state index contributed by atoms with van der Waals surface area (Å²) in [5, 5.41) is 3.51. The molecule has 4 nitrogen and oxygen atoms in total. The van der Waals surface area contributed by atoms with E-state index in [2.05, 4.69) is 19.2 Å². The Kier molecular flexibility index (Phi) is 3.52. The molecule has 1 heterocycles. The van der Waals surface area contributed by atoms with Crippen LogP contribution < -0.4 is 5.32 Å². The number of carbonyl (C=O) groups is 2. The summed E-state index contributed by atoms with van der Waals surface area (Å²) < 4.78 is 0. The van der Waals surface area contributed by atoms with Crippen LogP contribution in [0.2, 0.25) is 5.02 Å². The number of hydrogen-bond acceptors (Lipinski definition) is 2. The van der Waals surface area contributed by atoms with Crippen LogP contribution in [0.25, 0.3) is 0 Å². The predicted octanol–water partition coefficient (Wildman–Crippen LogP) is 3.68. The molecule has 116 valence electrons. The van der Waals surface area contributed by atoms with Crippen LogP contribution >= 0.6 is 11.6 Å². The molecule has 0 aromatic heterocycles. The Bertz CT molecular complexity index is 694. The van der Waals surface area contributed by atoms with Gasteiger partial charge in [-0.2, -0.15) is 0 Å². The topological polar surface area (TPSA) is 49.4 Å². The van der Waals surface area contributed by atoms with Gasteiger partial charge in [-0.25, -0.2) is 4.79 Å². The van der Waals surface area contributed by atoms with E-state index in [0.717, 1.165) is 17.7 Å². The summed E-state index contributed by atoms with van der Waals surface area (Å²) in [6, 6.07) is 6.70. The third-order valence-corrected chi connectivity index (χ3v) is 4.58. The molecule has 1 N–H and O–H groups in total. The number of rotatable bonds is 1.